The van der Waals surface area contributed by atoms with Gasteiger partial charge in [0.25, 0.3) is 0 Å². The second-order valence-corrected chi connectivity index (χ2v) is 6.22. The van der Waals surface area contributed by atoms with E-state index >= 15 is 0 Å². The van der Waals surface area contributed by atoms with Gasteiger partial charge in [0.2, 0.25) is 0 Å². The fraction of sp³-hybridized carbons (Fsp3) is 0.727. The van der Waals surface area contributed by atoms with Crippen LogP contribution < -0.4 is 0 Å². The van der Waals surface area contributed by atoms with Crippen LogP contribution in [0.1, 0.15) is 19.8 Å². The topological polar surface area (TPSA) is 44.8 Å². The fourth-order valence-corrected chi connectivity index (χ4v) is 2.90. The molecule has 0 amide bonds. The van der Waals surface area contributed by atoms with Gasteiger partial charge in [0.05, 0.1) is 16.1 Å². The Morgan fingerprint density at radius 2 is 2.00 bits per heavy atom. The molecule has 0 fully saturated rings. The van der Waals surface area contributed by atoms with Gasteiger partial charge in [0.15, 0.2) is 0 Å². The van der Waals surface area contributed by atoms with Gasteiger partial charge < -0.3 is 14.2 Å². The lowest BCUT2D eigenvalue weighted by Crippen LogP contribution is -2.36. The van der Waals surface area contributed by atoms with E-state index in [2.05, 4.69) is 6.58 Å². The summed E-state index contributed by atoms with van der Waals surface area (Å²) < 4.78 is 15.5. The van der Waals surface area contributed by atoms with Crippen LogP contribution in [0.25, 0.3) is 0 Å². The Kier molecular flexibility index (Phi) is 8.15. The Morgan fingerprint density at radius 3 is 2.50 bits per heavy atom. The fourth-order valence-electron chi connectivity index (χ4n) is 1.24. The Balaban J connectivity index is 3.46. The zero-order chi connectivity index (χ0) is 12.4. The summed E-state index contributed by atoms with van der Waals surface area (Å²) in [4.78, 5) is 10.7. The van der Waals surface area contributed by atoms with Gasteiger partial charge in [-0.2, -0.15) is 0 Å². The first-order valence-electron chi connectivity index (χ1n) is 5.47. The summed E-state index contributed by atoms with van der Waals surface area (Å²) in [5, 5.41) is 0. The van der Waals surface area contributed by atoms with Crippen LogP contribution in [-0.2, 0) is 19.0 Å². The first-order valence-corrected chi connectivity index (χ1v) is 7.18. The number of rotatable bonds is 9. The molecule has 0 aliphatic heterocycles. The largest absolute Gasteiger partial charge is 0.463 e. The third-order valence-corrected chi connectivity index (χ3v) is 4.89. The zero-order valence-electron chi connectivity index (χ0n) is 10.5. The maximum Gasteiger partial charge on any atom is 0.330 e. The van der Waals surface area contributed by atoms with Crippen molar-refractivity contribution >= 4 is 15.5 Å². The monoisotopic (exact) mass is 246 g/mol. The molecule has 0 saturated carbocycles. The second kappa shape index (κ2) is 8.49. The molecule has 0 unspecified atom stereocenters. The summed E-state index contributed by atoms with van der Waals surface area (Å²) >= 11 is 0. The van der Waals surface area contributed by atoms with Gasteiger partial charge >= 0.3 is 5.97 Å². The Morgan fingerprint density at radius 1 is 1.38 bits per heavy atom. The molecule has 0 rings (SSSR count). The van der Waals surface area contributed by atoms with Crippen molar-refractivity contribution < 1.29 is 19.0 Å². The molecule has 0 heterocycles. The van der Waals surface area contributed by atoms with Crippen molar-refractivity contribution in [1.82, 2.24) is 0 Å². The maximum absolute atomic E-state index is 10.7. The molecule has 5 heteroatoms. The zero-order valence-corrected chi connectivity index (χ0v) is 11.9. The van der Waals surface area contributed by atoms with Gasteiger partial charge in [0.1, 0.15) is 5.41 Å². The van der Waals surface area contributed by atoms with Crippen LogP contribution in [0.2, 0.25) is 6.04 Å². The van der Waals surface area contributed by atoms with Gasteiger partial charge in [-0.15, -0.1) is 0 Å². The summed E-state index contributed by atoms with van der Waals surface area (Å²) in [6.45, 7) is 5.77. The minimum absolute atomic E-state index is 0.351. The van der Waals surface area contributed by atoms with Crippen LogP contribution in [0.5, 0.6) is 0 Å². The lowest BCUT2D eigenvalue weighted by Gasteiger charge is -2.26. The minimum Gasteiger partial charge on any atom is -0.463 e. The van der Waals surface area contributed by atoms with Crippen LogP contribution in [0.3, 0.4) is 0 Å². The van der Waals surface area contributed by atoms with Crippen LogP contribution >= 0.6 is 0 Å². The van der Waals surface area contributed by atoms with E-state index in [0.29, 0.717) is 6.61 Å². The summed E-state index contributed by atoms with van der Waals surface area (Å²) in [6.07, 6.45) is 3.11. The van der Waals surface area contributed by atoms with E-state index in [1.807, 2.05) is 6.92 Å². The third-order valence-electron chi connectivity index (χ3n) is 2.55. The molecule has 0 radical (unpaired) electrons. The summed E-state index contributed by atoms with van der Waals surface area (Å²) in [6, 6.07) is 1.11. The molecule has 0 atom stereocenters. The summed E-state index contributed by atoms with van der Waals surface area (Å²) in [5.41, 5.74) is -0.363. The molecule has 16 heavy (non-hydrogen) atoms. The molecular formula is C11H22O4Si. The van der Waals surface area contributed by atoms with Crippen molar-refractivity contribution in [3.8, 4) is 0 Å². The van der Waals surface area contributed by atoms with Crippen LogP contribution in [-0.4, -0.2) is 41.7 Å². The molecule has 0 aliphatic rings. The maximum atomic E-state index is 10.7. The quantitative estimate of drug-likeness (QED) is 0.200. The highest BCUT2D eigenvalue weighted by atomic mass is 28.2. The van der Waals surface area contributed by atoms with E-state index < -0.39 is 9.52 Å². The van der Waals surface area contributed by atoms with E-state index in [1.54, 1.807) is 14.2 Å². The van der Waals surface area contributed by atoms with Crippen LogP contribution in [0.4, 0.5) is 0 Å². The van der Waals surface area contributed by atoms with Crippen LogP contribution in [0.15, 0.2) is 12.7 Å². The Labute approximate surface area is 99.8 Å². The van der Waals surface area contributed by atoms with Gasteiger partial charge in [-0.3, -0.25) is 0 Å². The Hall–Kier alpha value is -0.653. The molecule has 0 aromatic heterocycles. The second-order valence-electron chi connectivity index (χ2n) is 3.72. The number of hydrogen-bond acceptors (Lipinski definition) is 4. The molecule has 0 aromatic rings. The number of methoxy groups -OCH3 is 2. The lowest BCUT2D eigenvalue weighted by atomic mass is 10.4. The minimum atomic E-state index is -0.429. The van der Waals surface area contributed by atoms with Gasteiger partial charge in [0, 0.05) is 20.3 Å². The third kappa shape index (κ3) is 6.76. The first kappa shape index (κ1) is 15.3. The number of esters is 1. The molecule has 4 nitrogen and oxygen atoms in total. The number of carbonyl (C=O) groups is 1. The average Bonchev–Trinajstić information content (AvgIpc) is 2.32. The molecule has 0 spiro atoms. The van der Waals surface area contributed by atoms with E-state index in [4.69, 9.17) is 14.2 Å². The van der Waals surface area contributed by atoms with Crippen molar-refractivity contribution in [1.29, 1.82) is 0 Å². The summed E-state index contributed by atoms with van der Waals surface area (Å²) in [5.74, 6) is -0.351. The highest BCUT2D eigenvalue weighted by molar-refractivity contribution is 6.38. The standard InChI is InChI=1S/C11H22O4Si/c1-5-10(12)15-8-6-7-9-16-11(2,13-3)14-4/h5H,1,6-9,16H2,2-4H3. The van der Waals surface area contributed by atoms with Crippen molar-refractivity contribution in [3.63, 3.8) is 0 Å². The number of ether oxygens (including phenoxy) is 3. The van der Waals surface area contributed by atoms with E-state index in [9.17, 15) is 4.79 Å². The van der Waals surface area contributed by atoms with E-state index in [-0.39, 0.29) is 11.4 Å². The smallest absolute Gasteiger partial charge is 0.330 e. The molecule has 0 bridgehead atoms. The summed E-state index contributed by atoms with van der Waals surface area (Å²) in [7, 11) is 2.91. The highest BCUT2D eigenvalue weighted by Crippen LogP contribution is 2.11. The van der Waals surface area contributed by atoms with Gasteiger partial charge in [-0.25, -0.2) is 4.79 Å². The van der Waals surface area contributed by atoms with E-state index in [0.717, 1.165) is 18.9 Å². The van der Waals surface area contributed by atoms with E-state index in [1.165, 1.54) is 6.08 Å². The van der Waals surface area contributed by atoms with Crippen molar-refractivity contribution in [2.24, 2.45) is 0 Å². The number of carbonyl (C=O) groups excluding carboxylic acids is 1. The predicted molar refractivity (Wildman–Crippen MR) is 66.2 cm³/mol. The average molecular weight is 246 g/mol. The first-order chi connectivity index (χ1) is 7.58. The molecule has 0 N–H and O–H groups in total. The van der Waals surface area contributed by atoms with Crippen molar-refractivity contribution in [2.75, 3.05) is 20.8 Å². The van der Waals surface area contributed by atoms with Gasteiger partial charge in [-0.1, -0.05) is 19.0 Å². The predicted octanol–water partition coefficient (Wildman–Crippen LogP) is 1.05. The molecular weight excluding hydrogens is 224 g/mol. The molecule has 0 saturated heterocycles. The molecule has 0 aliphatic carbocycles. The number of unbranched alkanes of at least 4 members (excludes halogenated alkanes) is 1. The molecule has 0 aromatic carbocycles. The Bertz CT molecular complexity index is 214. The van der Waals surface area contributed by atoms with Crippen molar-refractivity contribution in [2.45, 2.75) is 31.2 Å². The normalized spacial score (nSPS) is 11.9. The molecule has 94 valence electrons. The number of hydrogen-bond donors (Lipinski definition) is 0. The van der Waals surface area contributed by atoms with Gasteiger partial charge in [-0.05, 0) is 13.3 Å². The lowest BCUT2D eigenvalue weighted by molar-refractivity contribution is -0.137. The van der Waals surface area contributed by atoms with Crippen LogP contribution in [0, 0.1) is 0 Å². The SMILES string of the molecule is C=CC(=O)OCCCC[SiH2]C(C)(OC)OC. The highest BCUT2D eigenvalue weighted by Gasteiger charge is 2.21. The van der Waals surface area contributed by atoms with Crippen molar-refractivity contribution in [3.05, 3.63) is 12.7 Å².